The number of hydrogen-bond acceptors (Lipinski definition) is 4. The first-order chi connectivity index (χ1) is 12.5. The summed E-state index contributed by atoms with van der Waals surface area (Å²) in [5.41, 5.74) is 0.462. The molecule has 2 amide bonds. The molecule has 0 spiro atoms. The number of ether oxygens (including phenoxy) is 1. The summed E-state index contributed by atoms with van der Waals surface area (Å²) in [6, 6.07) is 6.61. The van der Waals surface area contributed by atoms with E-state index in [9.17, 15) is 14.4 Å². The van der Waals surface area contributed by atoms with Gasteiger partial charge in [0.1, 0.15) is 0 Å². The van der Waals surface area contributed by atoms with E-state index in [0.717, 1.165) is 19.3 Å². The van der Waals surface area contributed by atoms with Crippen molar-refractivity contribution in [2.24, 2.45) is 5.92 Å². The summed E-state index contributed by atoms with van der Waals surface area (Å²) in [7, 11) is 0. The number of carbonyl (C=O) groups excluding carboxylic acids is 3. The average molecular weight is 381 g/mol. The molecule has 0 aromatic heterocycles. The Balaban J connectivity index is 1.61. The van der Waals surface area contributed by atoms with Gasteiger partial charge in [-0.05, 0) is 43.0 Å². The first-order valence-electron chi connectivity index (χ1n) is 8.94. The van der Waals surface area contributed by atoms with Gasteiger partial charge in [-0.15, -0.1) is 0 Å². The Morgan fingerprint density at radius 2 is 1.85 bits per heavy atom. The lowest BCUT2D eigenvalue weighted by atomic mass is 9.86. The molecule has 1 aliphatic carbocycles. The zero-order valence-electron chi connectivity index (χ0n) is 14.9. The Labute approximate surface area is 158 Å². The van der Waals surface area contributed by atoms with E-state index in [0.29, 0.717) is 16.5 Å². The molecule has 0 radical (unpaired) electrons. The number of halogens is 1. The SMILES string of the molecule is C[C@H]1CCCC[C@@H]1NC(=O)COC(=O)CCNC(=O)c1ccc(Cl)cc1. The molecule has 0 heterocycles. The molecule has 0 aliphatic heterocycles. The normalized spacial score (nSPS) is 19.5. The second kappa shape index (κ2) is 10.2. The molecule has 2 atom stereocenters. The quantitative estimate of drug-likeness (QED) is 0.712. The highest BCUT2D eigenvalue weighted by Gasteiger charge is 2.23. The van der Waals surface area contributed by atoms with Crippen molar-refractivity contribution in [3.8, 4) is 0 Å². The van der Waals surface area contributed by atoms with Crippen LogP contribution in [-0.2, 0) is 14.3 Å². The minimum atomic E-state index is -0.520. The van der Waals surface area contributed by atoms with Crippen LogP contribution in [0.15, 0.2) is 24.3 Å². The van der Waals surface area contributed by atoms with Gasteiger partial charge in [-0.2, -0.15) is 0 Å². The maximum atomic E-state index is 11.9. The summed E-state index contributed by atoms with van der Waals surface area (Å²) in [6.07, 6.45) is 4.40. The molecule has 0 saturated heterocycles. The van der Waals surface area contributed by atoms with E-state index in [2.05, 4.69) is 17.6 Å². The van der Waals surface area contributed by atoms with Crippen LogP contribution in [0.25, 0.3) is 0 Å². The summed E-state index contributed by atoms with van der Waals surface area (Å²) in [5.74, 6) is -0.638. The largest absolute Gasteiger partial charge is 0.456 e. The van der Waals surface area contributed by atoms with Crippen LogP contribution in [0.2, 0.25) is 5.02 Å². The molecule has 2 N–H and O–H groups in total. The molecule has 0 bridgehead atoms. The molecule has 1 aromatic carbocycles. The van der Waals surface area contributed by atoms with Crippen LogP contribution >= 0.6 is 11.6 Å². The van der Waals surface area contributed by atoms with Crippen molar-refractivity contribution < 1.29 is 19.1 Å². The molecule has 26 heavy (non-hydrogen) atoms. The first-order valence-corrected chi connectivity index (χ1v) is 9.32. The molecular formula is C19H25ClN2O4. The molecule has 6 nitrogen and oxygen atoms in total. The summed E-state index contributed by atoms with van der Waals surface area (Å²) < 4.78 is 4.96. The van der Waals surface area contributed by atoms with E-state index in [-0.39, 0.29) is 37.4 Å². The van der Waals surface area contributed by atoms with Crippen LogP contribution in [0.3, 0.4) is 0 Å². The van der Waals surface area contributed by atoms with Crippen LogP contribution in [0.1, 0.15) is 49.4 Å². The fourth-order valence-electron chi connectivity index (χ4n) is 2.98. The van der Waals surface area contributed by atoms with Crippen molar-refractivity contribution in [3.05, 3.63) is 34.9 Å². The standard InChI is InChI=1S/C19H25ClN2O4/c1-13-4-2-3-5-16(13)22-17(23)12-26-18(24)10-11-21-19(25)14-6-8-15(20)9-7-14/h6-9,13,16H,2-5,10-12H2,1H3,(H,21,25)(H,22,23)/t13-,16-/m0/s1. The lowest BCUT2D eigenvalue weighted by Crippen LogP contribution is -2.43. The topological polar surface area (TPSA) is 84.5 Å². The van der Waals surface area contributed by atoms with E-state index in [1.165, 1.54) is 6.42 Å². The molecule has 1 fully saturated rings. The van der Waals surface area contributed by atoms with Crippen molar-refractivity contribution in [1.29, 1.82) is 0 Å². The smallest absolute Gasteiger partial charge is 0.308 e. The molecule has 2 rings (SSSR count). The first kappa shape index (κ1) is 20.2. The van der Waals surface area contributed by atoms with Gasteiger partial charge in [0, 0.05) is 23.2 Å². The maximum Gasteiger partial charge on any atom is 0.308 e. The third kappa shape index (κ3) is 6.67. The van der Waals surface area contributed by atoms with Crippen molar-refractivity contribution >= 4 is 29.4 Å². The number of esters is 1. The van der Waals surface area contributed by atoms with Crippen LogP contribution in [0.5, 0.6) is 0 Å². The van der Waals surface area contributed by atoms with Gasteiger partial charge in [0.05, 0.1) is 6.42 Å². The van der Waals surface area contributed by atoms with Crippen LogP contribution in [0.4, 0.5) is 0 Å². The number of hydrogen-bond donors (Lipinski definition) is 2. The number of carbonyl (C=O) groups is 3. The zero-order chi connectivity index (χ0) is 18.9. The lowest BCUT2D eigenvalue weighted by molar-refractivity contribution is -0.148. The molecule has 1 saturated carbocycles. The predicted octanol–water partition coefficient (Wildman–Crippen LogP) is 2.70. The fourth-order valence-corrected chi connectivity index (χ4v) is 3.10. The average Bonchev–Trinajstić information content (AvgIpc) is 2.62. The van der Waals surface area contributed by atoms with Crippen molar-refractivity contribution in [2.45, 2.75) is 45.1 Å². The van der Waals surface area contributed by atoms with E-state index >= 15 is 0 Å². The van der Waals surface area contributed by atoms with E-state index in [4.69, 9.17) is 16.3 Å². The minimum Gasteiger partial charge on any atom is -0.456 e. The molecule has 7 heteroatoms. The highest BCUT2D eigenvalue weighted by atomic mass is 35.5. The van der Waals surface area contributed by atoms with Gasteiger partial charge in [0.25, 0.3) is 11.8 Å². The predicted molar refractivity (Wildman–Crippen MR) is 98.9 cm³/mol. The van der Waals surface area contributed by atoms with Gasteiger partial charge in [0.15, 0.2) is 6.61 Å². The van der Waals surface area contributed by atoms with Crippen LogP contribution in [0, 0.1) is 5.92 Å². The maximum absolute atomic E-state index is 11.9. The van der Waals surface area contributed by atoms with Crippen molar-refractivity contribution in [2.75, 3.05) is 13.2 Å². The Morgan fingerprint density at radius 3 is 2.54 bits per heavy atom. The van der Waals surface area contributed by atoms with E-state index in [1.807, 2.05) is 0 Å². The monoisotopic (exact) mass is 380 g/mol. The number of amides is 2. The number of rotatable bonds is 7. The third-order valence-corrected chi connectivity index (χ3v) is 4.80. The molecule has 1 aromatic rings. The summed E-state index contributed by atoms with van der Waals surface area (Å²) in [6.45, 7) is 1.98. The van der Waals surface area contributed by atoms with E-state index in [1.54, 1.807) is 24.3 Å². The fraction of sp³-hybridized carbons (Fsp3) is 0.526. The highest BCUT2D eigenvalue weighted by Crippen LogP contribution is 2.23. The van der Waals surface area contributed by atoms with Crippen molar-refractivity contribution in [3.63, 3.8) is 0 Å². The Kier molecular flexibility index (Phi) is 7.91. The molecule has 142 valence electrons. The van der Waals surface area contributed by atoms with Gasteiger partial charge < -0.3 is 15.4 Å². The summed E-state index contributed by atoms with van der Waals surface area (Å²) in [4.78, 5) is 35.5. The van der Waals surface area contributed by atoms with E-state index < -0.39 is 5.97 Å². The Bertz CT molecular complexity index is 633. The second-order valence-corrected chi connectivity index (χ2v) is 7.05. The highest BCUT2D eigenvalue weighted by molar-refractivity contribution is 6.30. The van der Waals surface area contributed by atoms with Crippen LogP contribution in [-0.4, -0.2) is 37.0 Å². The summed E-state index contributed by atoms with van der Waals surface area (Å²) in [5, 5.41) is 6.10. The number of benzene rings is 1. The zero-order valence-corrected chi connectivity index (χ0v) is 15.7. The van der Waals surface area contributed by atoms with Gasteiger partial charge in [0.2, 0.25) is 0 Å². The molecule has 0 unspecified atom stereocenters. The van der Waals surface area contributed by atoms with Gasteiger partial charge in [-0.25, -0.2) is 0 Å². The Hall–Kier alpha value is -2.08. The second-order valence-electron chi connectivity index (χ2n) is 6.61. The Morgan fingerprint density at radius 1 is 1.15 bits per heavy atom. The minimum absolute atomic E-state index is 0.00639. The third-order valence-electron chi connectivity index (χ3n) is 4.54. The molecule has 1 aliphatic rings. The van der Waals surface area contributed by atoms with Crippen molar-refractivity contribution in [1.82, 2.24) is 10.6 Å². The van der Waals surface area contributed by atoms with Gasteiger partial charge >= 0.3 is 5.97 Å². The summed E-state index contributed by atoms with van der Waals surface area (Å²) >= 11 is 5.77. The van der Waals surface area contributed by atoms with Crippen LogP contribution < -0.4 is 10.6 Å². The molecular weight excluding hydrogens is 356 g/mol. The van der Waals surface area contributed by atoms with Gasteiger partial charge in [-0.3, -0.25) is 14.4 Å². The lowest BCUT2D eigenvalue weighted by Gasteiger charge is -2.29. The number of nitrogens with one attached hydrogen (secondary N) is 2. The van der Waals surface area contributed by atoms with Gasteiger partial charge in [-0.1, -0.05) is 31.4 Å².